The molecular weight excluding hydrogens is 410 g/mol. The zero-order chi connectivity index (χ0) is 19.6. The molecule has 2 amide bonds. The van der Waals surface area contributed by atoms with Gasteiger partial charge in [-0.2, -0.15) is 5.01 Å². The third-order valence-corrected chi connectivity index (χ3v) is 5.09. The van der Waals surface area contributed by atoms with Crippen LogP contribution in [0.15, 0.2) is 53.4 Å². The van der Waals surface area contributed by atoms with Gasteiger partial charge in [-0.15, -0.1) is 0 Å². The van der Waals surface area contributed by atoms with Gasteiger partial charge in [0, 0.05) is 16.7 Å². The summed E-state index contributed by atoms with van der Waals surface area (Å²) in [6, 6.07) is 12.2. The van der Waals surface area contributed by atoms with Gasteiger partial charge in [-0.1, -0.05) is 35.5 Å². The topological polar surface area (TPSA) is 92.6 Å². The normalized spacial score (nSPS) is 15.3. The summed E-state index contributed by atoms with van der Waals surface area (Å²) in [7, 11) is 0. The summed E-state index contributed by atoms with van der Waals surface area (Å²) in [5.74, 6) is -1.10. The highest BCUT2D eigenvalue weighted by atomic mass is 35.5. The summed E-state index contributed by atoms with van der Waals surface area (Å²) in [6.07, 6.45) is 1.38. The molecule has 0 radical (unpaired) electrons. The van der Waals surface area contributed by atoms with Gasteiger partial charge in [-0.05, 0) is 48.6 Å². The summed E-state index contributed by atoms with van der Waals surface area (Å²) in [4.78, 5) is 35.6. The monoisotopic (exact) mass is 419 g/mol. The highest BCUT2D eigenvalue weighted by Gasteiger charge is 2.34. The lowest BCUT2D eigenvalue weighted by Gasteiger charge is -2.15. The van der Waals surface area contributed by atoms with Crippen LogP contribution in [0.1, 0.15) is 15.9 Å². The fraction of sp³-hybridized carbons (Fsp3) is 0. The predicted octanol–water partition coefficient (Wildman–Crippen LogP) is 3.79. The third kappa shape index (κ3) is 4.16. The number of carbonyl (C=O) groups is 2. The minimum Gasteiger partial charge on any atom is -0.267 e. The second-order valence-electron chi connectivity index (χ2n) is 5.28. The van der Waals surface area contributed by atoms with Crippen LogP contribution in [-0.2, 0) is 4.79 Å². The molecule has 1 heterocycles. The SMILES string of the molecule is O=C(NN1C(=O)/C(=C/c2ccccc2[N+](=O)[O-])SC1=S)c1ccc(Cl)cc1. The van der Waals surface area contributed by atoms with Crippen LogP contribution < -0.4 is 5.43 Å². The minimum absolute atomic E-state index is 0.118. The first-order chi connectivity index (χ1) is 12.9. The van der Waals surface area contributed by atoms with E-state index in [1.54, 1.807) is 18.2 Å². The number of halogens is 1. The van der Waals surface area contributed by atoms with Crippen LogP contribution in [-0.4, -0.2) is 26.1 Å². The molecule has 0 aliphatic carbocycles. The molecular formula is C17H10ClN3O4S2. The smallest absolute Gasteiger partial charge is 0.267 e. The zero-order valence-electron chi connectivity index (χ0n) is 13.4. The standard InChI is InChI=1S/C17H10ClN3O4S2/c18-12-7-5-10(6-8-12)15(22)19-20-16(23)14(27-17(20)26)9-11-3-1-2-4-13(11)21(24)25/h1-9H,(H,19,22)/b14-9-. The maximum Gasteiger partial charge on any atom is 0.285 e. The summed E-state index contributed by atoms with van der Waals surface area (Å²) >= 11 is 11.9. The molecule has 7 nitrogen and oxygen atoms in total. The highest BCUT2D eigenvalue weighted by molar-refractivity contribution is 8.26. The number of thioether (sulfide) groups is 1. The van der Waals surface area contributed by atoms with Gasteiger partial charge in [-0.3, -0.25) is 25.1 Å². The molecule has 27 heavy (non-hydrogen) atoms. The van der Waals surface area contributed by atoms with E-state index in [0.29, 0.717) is 10.6 Å². The van der Waals surface area contributed by atoms with Gasteiger partial charge < -0.3 is 0 Å². The van der Waals surface area contributed by atoms with Crippen molar-refractivity contribution in [3.8, 4) is 0 Å². The fourth-order valence-corrected chi connectivity index (χ4v) is 3.54. The second-order valence-corrected chi connectivity index (χ2v) is 7.39. The molecule has 0 spiro atoms. The lowest BCUT2D eigenvalue weighted by molar-refractivity contribution is -0.385. The number of hydrogen-bond donors (Lipinski definition) is 1. The number of benzene rings is 2. The number of nitrogens with one attached hydrogen (secondary N) is 1. The van der Waals surface area contributed by atoms with Crippen molar-refractivity contribution < 1.29 is 14.5 Å². The molecule has 1 saturated heterocycles. The van der Waals surface area contributed by atoms with E-state index in [9.17, 15) is 19.7 Å². The Hall–Kier alpha value is -2.75. The van der Waals surface area contributed by atoms with E-state index in [1.165, 1.54) is 36.4 Å². The van der Waals surface area contributed by atoms with E-state index in [-0.39, 0.29) is 20.5 Å². The molecule has 0 aromatic heterocycles. The number of para-hydroxylation sites is 1. The fourth-order valence-electron chi connectivity index (χ4n) is 2.25. The van der Waals surface area contributed by atoms with Gasteiger partial charge in [0.2, 0.25) is 0 Å². The van der Waals surface area contributed by atoms with E-state index in [0.717, 1.165) is 16.8 Å². The van der Waals surface area contributed by atoms with Crippen molar-refractivity contribution >= 4 is 63.5 Å². The van der Waals surface area contributed by atoms with E-state index >= 15 is 0 Å². The molecule has 1 fully saturated rings. The van der Waals surface area contributed by atoms with E-state index in [1.807, 2.05) is 0 Å². The lowest BCUT2D eigenvalue weighted by atomic mass is 10.1. The Balaban J connectivity index is 1.82. The molecule has 1 N–H and O–H groups in total. The first-order valence-corrected chi connectivity index (χ1v) is 9.05. The number of hydrogen-bond acceptors (Lipinski definition) is 6. The minimum atomic E-state index is -0.564. The molecule has 10 heteroatoms. The molecule has 2 aromatic rings. The van der Waals surface area contributed by atoms with Crippen molar-refractivity contribution in [2.24, 2.45) is 0 Å². The maximum absolute atomic E-state index is 12.6. The molecule has 136 valence electrons. The number of nitro benzene ring substituents is 1. The van der Waals surface area contributed by atoms with Crippen molar-refractivity contribution in [2.45, 2.75) is 0 Å². The molecule has 0 unspecified atom stereocenters. The average Bonchev–Trinajstić information content (AvgIpc) is 2.90. The Bertz CT molecular complexity index is 992. The summed E-state index contributed by atoms with van der Waals surface area (Å²) in [6.45, 7) is 0. The van der Waals surface area contributed by atoms with Crippen LogP contribution in [0.3, 0.4) is 0 Å². The van der Waals surface area contributed by atoms with Crippen LogP contribution in [0.25, 0.3) is 6.08 Å². The zero-order valence-corrected chi connectivity index (χ0v) is 15.8. The molecule has 1 aliphatic heterocycles. The highest BCUT2D eigenvalue weighted by Crippen LogP contribution is 2.33. The second kappa shape index (κ2) is 7.87. The van der Waals surface area contributed by atoms with Crippen LogP contribution in [0, 0.1) is 10.1 Å². The van der Waals surface area contributed by atoms with Gasteiger partial charge in [0.25, 0.3) is 17.5 Å². The Labute approximate surface area is 168 Å². The third-order valence-electron chi connectivity index (χ3n) is 3.53. The predicted molar refractivity (Wildman–Crippen MR) is 107 cm³/mol. The Morgan fingerprint density at radius 1 is 1.22 bits per heavy atom. The van der Waals surface area contributed by atoms with E-state index in [4.69, 9.17) is 23.8 Å². The number of rotatable bonds is 4. The summed E-state index contributed by atoms with van der Waals surface area (Å²) in [5, 5.41) is 12.5. The van der Waals surface area contributed by atoms with Crippen molar-refractivity contribution in [1.29, 1.82) is 0 Å². The Morgan fingerprint density at radius 2 is 1.89 bits per heavy atom. The van der Waals surface area contributed by atoms with Crippen LogP contribution in [0.4, 0.5) is 5.69 Å². The molecule has 0 bridgehead atoms. The number of carbonyl (C=O) groups excluding carboxylic acids is 2. The van der Waals surface area contributed by atoms with Gasteiger partial charge in [-0.25, -0.2) is 0 Å². The van der Waals surface area contributed by atoms with E-state index < -0.39 is 16.7 Å². The Morgan fingerprint density at radius 3 is 2.56 bits per heavy atom. The average molecular weight is 420 g/mol. The number of hydrazine groups is 1. The lowest BCUT2D eigenvalue weighted by Crippen LogP contribution is -2.44. The first kappa shape index (κ1) is 19.0. The van der Waals surface area contributed by atoms with Crippen LogP contribution >= 0.6 is 35.6 Å². The quantitative estimate of drug-likeness (QED) is 0.351. The first-order valence-electron chi connectivity index (χ1n) is 7.45. The van der Waals surface area contributed by atoms with Crippen molar-refractivity contribution in [2.75, 3.05) is 0 Å². The van der Waals surface area contributed by atoms with Crippen molar-refractivity contribution in [1.82, 2.24) is 10.4 Å². The van der Waals surface area contributed by atoms with Gasteiger partial charge in [0.05, 0.1) is 15.4 Å². The van der Waals surface area contributed by atoms with Crippen molar-refractivity contribution in [3.05, 3.63) is 79.7 Å². The number of nitro groups is 1. The number of nitrogens with zero attached hydrogens (tertiary/aromatic N) is 2. The van der Waals surface area contributed by atoms with Gasteiger partial charge >= 0.3 is 0 Å². The molecule has 1 aliphatic rings. The van der Waals surface area contributed by atoms with Gasteiger partial charge in [0.1, 0.15) is 0 Å². The van der Waals surface area contributed by atoms with Gasteiger partial charge in [0.15, 0.2) is 4.32 Å². The van der Waals surface area contributed by atoms with Crippen molar-refractivity contribution in [3.63, 3.8) is 0 Å². The summed E-state index contributed by atoms with van der Waals surface area (Å²) in [5.41, 5.74) is 2.87. The van der Waals surface area contributed by atoms with Crippen LogP contribution in [0.2, 0.25) is 5.02 Å². The van der Waals surface area contributed by atoms with Crippen LogP contribution in [0.5, 0.6) is 0 Å². The maximum atomic E-state index is 12.6. The molecule has 2 aromatic carbocycles. The van der Waals surface area contributed by atoms with E-state index in [2.05, 4.69) is 5.43 Å². The molecule has 3 rings (SSSR count). The number of amides is 2. The number of thiocarbonyl (C=S) groups is 1. The Kier molecular flexibility index (Phi) is 5.54. The summed E-state index contributed by atoms with van der Waals surface area (Å²) < 4.78 is 0.118. The molecule has 0 saturated carbocycles. The largest absolute Gasteiger partial charge is 0.285 e. The molecule has 0 atom stereocenters.